The molecule has 0 bridgehead atoms. The molecular weight excluding hydrogens is 333 g/mol. The smallest absolute Gasteiger partial charge is 0.243 e. The molecule has 2 aromatic rings. The van der Waals surface area contributed by atoms with Gasteiger partial charge >= 0.3 is 0 Å². The fraction of sp³-hybridized carbons (Fsp3) is 0.250. The third kappa shape index (κ3) is 3.70. The number of primary amides is 1. The highest BCUT2D eigenvalue weighted by Gasteiger charge is 2.32. The number of hydrogen-bond acceptors (Lipinski definition) is 5. The monoisotopic (exact) mass is 348 g/mol. The van der Waals surface area contributed by atoms with Crippen LogP contribution in [0.15, 0.2) is 24.3 Å². The van der Waals surface area contributed by atoms with Crippen LogP contribution >= 0.6 is 11.3 Å². The molecule has 1 radical (unpaired) electrons. The second-order valence-corrected chi connectivity index (χ2v) is 6.43. The van der Waals surface area contributed by atoms with E-state index in [9.17, 15) is 14.0 Å². The fourth-order valence-electron chi connectivity index (χ4n) is 1.97. The number of halogens is 1. The van der Waals surface area contributed by atoms with Crippen LogP contribution in [0, 0.1) is 11.7 Å². The molecule has 3 N–H and O–H groups in total. The number of nitrogens with one attached hydrogen (secondary N) is 1. The van der Waals surface area contributed by atoms with Gasteiger partial charge in [0.15, 0.2) is 5.13 Å². The predicted octanol–water partition coefficient (Wildman–Crippen LogP) is 2.97. The molecule has 1 aliphatic rings. The van der Waals surface area contributed by atoms with E-state index in [1.165, 1.54) is 31.2 Å². The number of benzene rings is 1. The third-order valence-electron chi connectivity index (χ3n) is 3.54. The first-order chi connectivity index (χ1) is 11.4. The number of hydrogen-bond donors (Lipinski definition) is 2. The Labute approximate surface area is 141 Å². The number of thiazole rings is 1. The Bertz CT molecular complexity index is 771. The molecule has 1 aromatic heterocycles. The summed E-state index contributed by atoms with van der Waals surface area (Å²) in [7, 11) is 0. The normalized spacial score (nSPS) is 13.8. The Kier molecular flexibility index (Phi) is 4.48. The summed E-state index contributed by atoms with van der Waals surface area (Å²) >= 11 is 1.16. The van der Waals surface area contributed by atoms with Gasteiger partial charge < -0.3 is 15.8 Å². The van der Waals surface area contributed by atoms with E-state index in [0.29, 0.717) is 21.9 Å². The first-order valence-electron chi connectivity index (χ1n) is 7.33. The molecule has 0 aliphatic heterocycles. The summed E-state index contributed by atoms with van der Waals surface area (Å²) < 4.78 is 18.8. The molecular formula is C16H15FN3O3S. The van der Waals surface area contributed by atoms with Crippen molar-refractivity contribution in [3.63, 3.8) is 0 Å². The summed E-state index contributed by atoms with van der Waals surface area (Å²) in [5.41, 5.74) is 5.85. The number of carbonyl (C=O) groups is 2. The summed E-state index contributed by atoms with van der Waals surface area (Å²) in [6, 6.07) is 5.66. The van der Waals surface area contributed by atoms with Crippen molar-refractivity contribution >= 4 is 28.3 Å². The van der Waals surface area contributed by atoms with E-state index < -0.39 is 11.8 Å². The molecule has 0 unspecified atom stereocenters. The van der Waals surface area contributed by atoms with E-state index in [0.717, 1.165) is 29.9 Å². The lowest BCUT2D eigenvalue weighted by Crippen LogP contribution is -2.30. The van der Waals surface area contributed by atoms with Gasteiger partial charge in [0.05, 0.1) is 0 Å². The maximum absolute atomic E-state index is 13.0. The second-order valence-electron chi connectivity index (χ2n) is 5.47. The van der Waals surface area contributed by atoms with Crippen LogP contribution in [-0.4, -0.2) is 16.8 Å². The van der Waals surface area contributed by atoms with Gasteiger partial charge in [-0.1, -0.05) is 11.3 Å². The molecule has 1 saturated carbocycles. The van der Waals surface area contributed by atoms with Crippen LogP contribution in [0.5, 0.6) is 10.8 Å². The van der Waals surface area contributed by atoms with Crippen LogP contribution in [0.3, 0.4) is 0 Å². The van der Waals surface area contributed by atoms with E-state index in [-0.39, 0.29) is 11.7 Å². The zero-order valence-corrected chi connectivity index (χ0v) is 13.7. The number of anilines is 1. The molecule has 0 saturated heterocycles. The largest absolute Gasteiger partial charge is 0.445 e. The number of amides is 2. The molecule has 1 aliphatic carbocycles. The van der Waals surface area contributed by atoms with Gasteiger partial charge in [0.2, 0.25) is 16.9 Å². The van der Waals surface area contributed by atoms with Gasteiger partial charge in [-0.15, -0.1) is 0 Å². The average molecular weight is 348 g/mol. The number of nitrogens with two attached hydrogens (primary N) is 1. The summed E-state index contributed by atoms with van der Waals surface area (Å²) in [5.74, 6) is -1.04. The Hall–Kier alpha value is -2.48. The van der Waals surface area contributed by atoms with Gasteiger partial charge in [-0.05, 0) is 44.0 Å². The Morgan fingerprint density at radius 1 is 1.33 bits per heavy atom. The van der Waals surface area contributed by atoms with E-state index in [1.807, 2.05) is 0 Å². The van der Waals surface area contributed by atoms with E-state index >= 15 is 0 Å². The molecule has 1 heterocycles. The molecule has 2 amide bonds. The SMILES string of the molecule is C[C](C(N)=O)C(=O)Nc1nc(C2CC2)c(Oc2ccc(F)cc2)s1. The van der Waals surface area contributed by atoms with E-state index in [4.69, 9.17) is 10.5 Å². The highest BCUT2D eigenvalue weighted by molar-refractivity contribution is 7.17. The molecule has 0 atom stereocenters. The van der Waals surface area contributed by atoms with Gasteiger partial charge in [0, 0.05) is 5.92 Å². The number of aromatic nitrogens is 1. The summed E-state index contributed by atoms with van der Waals surface area (Å²) in [6.07, 6.45) is 2.01. The highest BCUT2D eigenvalue weighted by Crippen LogP contribution is 2.48. The molecule has 1 aromatic carbocycles. The third-order valence-corrected chi connectivity index (χ3v) is 4.40. The molecule has 3 rings (SSSR count). The van der Waals surface area contributed by atoms with E-state index in [1.54, 1.807) is 0 Å². The fourth-order valence-corrected chi connectivity index (χ4v) is 2.89. The van der Waals surface area contributed by atoms with Crippen molar-refractivity contribution in [3.8, 4) is 10.8 Å². The molecule has 8 heteroatoms. The van der Waals surface area contributed by atoms with Crippen LogP contribution in [0.2, 0.25) is 0 Å². The summed E-state index contributed by atoms with van der Waals surface area (Å²) in [4.78, 5) is 27.3. The lowest BCUT2D eigenvalue weighted by Gasteiger charge is -2.04. The number of nitrogens with zero attached hydrogens (tertiary/aromatic N) is 1. The minimum atomic E-state index is -0.783. The summed E-state index contributed by atoms with van der Waals surface area (Å²) in [5, 5.41) is 3.44. The minimum absolute atomic E-state index is 0.0980. The molecule has 6 nitrogen and oxygen atoms in total. The van der Waals surface area contributed by atoms with Crippen molar-refractivity contribution in [2.45, 2.75) is 25.7 Å². The minimum Gasteiger partial charge on any atom is -0.445 e. The van der Waals surface area contributed by atoms with Crippen molar-refractivity contribution in [3.05, 3.63) is 41.7 Å². The Morgan fingerprint density at radius 3 is 2.58 bits per heavy atom. The van der Waals surface area contributed by atoms with Gasteiger partial charge in [-0.25, -0.2) is 9.37 Å². The maximum Gasteiger partial charge on any atom is 0.243 e. The van der Waals surface area contributed by atoms with Crippen LogP contribution in [0.4, 0.5) is 9.52 Å². The molecule has 125 valence electrons. The molecule has 0 spiro atoms. The van der Waals surface area contributed by atoms with Crippen molar-refractivity contribution in [1.82, 2.24) is 4.98 Å². The number of ether oxygens (including phenoxy) is 1. The van der Waals surface area contributed by atoms with E-state index in [2.05, 4.69) is 10.3 Å². The van der Waals surface area contributed by atoms with Crippen LogP contribution in [0.1, 0.15) is 31.4 Å². The number of rotatable bonds is 6. The van der Waals surface area contributed by atoms with Gasteiger partial charge in [0.25, 0.3) is 0 Å². The first kappa shape index (κ1) is 16.4. The lowest BCUT2D eigenvalue weighted by molar-refractivity contribution is -0.122. The topological polar surface area (TPSA) is 94.3 Å². The zero-order chi connectivity index (χ0) is 17.3. The number of carbonyl (C=O) groups excluding carboxylic acids is 2. The van der Waals surface area contributed by atoms with Crippen LogP contribution < -0.4 is 15.8 Å². The Morgan fingerprint density at radius 2 is 2.00 bits per heavy atom. The van der Waals surface area contributed by atoms with Crippen molar-refractivity contribution in [1.29, 1.82) is 0 Å². The first-order valence-corrected chi connectivity index (χ1v) is 8.14. The van der Waals surface area contributed by atoms with Crippen molar-refractivity contribution in [2.75, 3.05) is 5.32 Å². The molecule has 24 heavy (non-hydrogen) atoms. The summed E-state index contributed by atoms with van der Waals surface area (Å²) in [6.45, 7) is 1.35. The van der Waals surface area contributed by atoms with Crippen molar-refractivity contribution < 1.29 is 18.7 Å². The molecule has 1 fully saturated rings. The Balaban J connectivity index is 1.79. The van der Waals surface area contributed by atoms with Crippen molar-refractivity contribution in [2.24, 2.45) is 5.73 Å². The zero-order valence-electron chi connectivity index (χ0n) is 12.8. The quantitative estimate of drug-likeness (QED) is 0.785. The standard InChI is InChI=1S/C16H15FN3O3S/c1-8(13(18)21)14(22)20-16-19-12(9-2-3-9)15(24-16)23-11-6-4-10(17)5-7-11/h4-7,9H,2-3H2,1H3,(H2,18,21)(H,19,20,22). The maximum atomic E-state index is 13.0. The highest BCUT2D eigenvalue weighted by atomic mass is 32.1. The van der Waals surface area contributed by atoms with Gasteiger partial charge in [-0.2, -0.15) is 0 Å². The average Bonchev–Trinajstić information content (AvgIpc) is 3.31. The lowest BCUT2D eigenvalue weighted by atomic mass is 10.1. The van der Waals surface area contributed by atoms with Crippen LogP contribution in [-0.2, 0) is 9.59 Å². The predicted molar refractivity (Wildman–Crippen MR) is 87.3 cm³/mol. The van der Waals surface area contributed by atoms with Gasteiger partial charge in [-0.3, -0.25) is 9.59 Å². The van der Waals surface area contributed by atoms with Crippen LogP contribution in [0.25, 0.3) is 0 Å². The second kappa shape index (κ2) is 6.56. The van der Waals surface area contributed by atoms with Gasteiger partial charge in [0.1, 0.15) is 23.2 Å².